The average molecular weight is 327 g/mol. The van der Waals surface area contributed by atoms with Gasteiger partial charge in [-0.25, -0.2) is 4.79 Å². The van der Waals surface area contributed by atoms with Gasteiger partial charge < -0.3 is 20.3 Å². The van der Waals surface area contributed by atoms with Crippen LogP contribution < -0.4 is 5.32 Å². The molecule has 126 valence electrons. The van der Waals surface area contributed by atoms with Crippen LogP contribution in [-0.4, -0.2) is 41.7 Å². The first-order valence-electron chi connectivity index (χ1n) is 8.02. The number of alkyl carbamates (subject to hydrolysis) is 1. The molecule has 1 aliphatic carbocycles. The summed E-state index contributed by atoms with van der Waals surface area (Å²) in [6.07, 6.45) is -1.49. The molecule has 5 nitrogen and oxygen atoms in total. The summed E-state index contributed by atoms with van der Waals surface area (Å²) in [5, 5.41) is 21.1. The second-order valence-electron chi connectivity index (χ2n) is 6.00. The molecule has 2 aromatic carbocycles. The molecule has 0 aromatic heterocycles. The van der Waals surface area contributed by atoms with Crippen molar-refractivity contribution in [3.8, 4) is 11.1 Å². The second-order valence-corrected chi connectivity index (χ2v) is 6.00. The highest BCUT2D eigenvalue weighted by atomic mass is 16.5. The molecule has 0 fully saturated rings. The Bertz CT molecular complexity index is 683. The van der Waals surface area contributed by atoms with E-state index in [9.17, 15) is 9.90 Å². The highest BCUT2D eigenvalue weighted by molar-refractivity contribution is 5.79. The molecule has 0 unspecified atom stereocenters. The first-order valence-corrected chi connectivity index (χ1v) is 8.02. The van der Waals surface area contributed by atoms with Gasteiger partial charge in [-0.3, -0.25) is 0 Å². The highest BCUT2D eigenvalue weighted by Crippen LogP contribution is 2.44. The molecule has 0 aliphatic heterocycles. The Labute approximate surface area is 140 Å². The van der Waals surface area contributed by atoms with Crippen molar-refractivity contribution in [1.82, 2.24) is 5.32 Å². The summed E-state index contributed by atoms with van der Waals surface area (Å²) in [6.45, 7) is 1.37. The lowest BCUT2D eigenvalue weighted by atomic mass is 9.98. The number of hydrogen-bond donors (Lipinski definition) is 3. The van der Waals surface area contributed by atoms with Crippen LogP contribution in [0.25, 0.3) is 11.1 Å². The van der Waals surface area contributed by atoms with Gasteiger partial charge in [0.25, 0.3) is 0 Å². The normalized spacial score (nSPS) is 15.3. The summed E-state index contributed by atoms with van der Waals surface area (Å²) in [7, 11) is 0. The van der Waals surface area contributed by atoms with Crippen LogP contribution >= 0.6 is 0 Å². The number of aliphatic hydroxyl groups excluding tert-OH is 2. The van der Waals surface area contributed by atoms with E-state index in [1.54, 1.807) is 0 Å². The molecule has 5 heteroatoms. The van der Waals surface area contributed by atoms with E-state index in [-0.39, 0.29) is 19.1 Å². The van der Waals surface area contributed by atoms with Crippen molar-refractivity contribution in [1.29, 1.82) is 0 Å². The molecule has 3 N–H and O–H groups in total. The SMILES string of the molecule is C[C@H](O)[C@@H](CO)NC(=O)OCC1c2ccccc2-c2ccccc21. The standard InChI is InChI=1S/C19H21NO4/c1-12(22)18(10-21)20-19(23)24-11-17-15-8-4-2-6-13(15)14-7-3-5-9-16(14)17/h2-9,12,17-18,21-22H,10-11H2,1H3,(H,20,23)/t12-,18+/m0/s1. The summed E-state index contributed by atoms with van der Waals surface area (Å²) in [5.41, 5.74) is 4.61. The quantitative estimate of drug-likeness (QED) is 0.787. The predicted octanol–water partition coefficient (Wildman–Crippen LogP) is 2.27. The lowest BCUT2D eigenvalue weighted by molar-refractivity contribution is 0.0872. The van der Waals surface area contributed by atoms with Crippen LogP contribution in [0.15, 0.2) is 48.5 Å². The zero-order chi connectivity index (χ0) is 17.1. The van der Waals surface area contributed by atoms with Gasteiger partial charge in [-0.15, -0.1) is 0 Å². The van der Waals surface area contributed by atoms with Gasteiger partial charge in [0, 0.05) is 5.92 Å². The van der Waals surface area contributed by atoms with E-state index in [1.807, 2.05) is 36.4 Å². The molecule has 1 amide bonds. The van der Waals surface area contributed by atoms with Gasteiger partial charge in [0.05, 0.1) is 18.8 Å². The van der Waals surface area contributed by atoms with Crippen molar-refractivity contribution in [2.24, 2.45) is 0 Å². The topological polar surface area (TPSA) is 78.8 Å². The number of carbonyl (C=O) groups excluding carboxylic acids is 1. The summed E-state index contributed by atoms with van der Waals surface area (Å²) in [4.78, 5) is 11.9. The molecule has 1 aliphatic rings. The van der Waals surface area contributed by atoms with Crippen molar-refractivity contribution in [3.05, 3.63) is 59.7 Å². The molecule has 24 heavy (non-hydrogen) atoms. The van der Waals surface area contributed by atoms with E-state index in [1.165, 1.54) is 18.1 Å². The van der Waals surface area contributed by atoms with E-state index in [0.717, 1.165) is 11.1 Å². The molecule has 0 saturated heterocycles. The van der Waals surface area contributed by atoms with Gasteiger partial charge >= 0.3 is 6.09 Å². The maximum atomic E-state index is 11.9. The minimum Gasteiger partial charge on any atom is -0.449 e. The van der Waals surface area contributed by atoms with Crippen molar-refractivity contribution < 1.29 is 19.7 Å². The van der Waals surface area contributed by atoms with Crippen LogP contribution in [0.2, 0.25) is 0 Å². The highest BCUT2D eigenvalue weighted by Gasteiger charge is 2.29. The molecule has 0 heterocycles. The van der Waals surface area contributed by atoms with Gasteiger partial charge in [-0.2, -0.15) is 0 Å². The predicted molar refractivity (Wildman–Crippen MR) is 90.8 cm³/mol. The summed E-state index contributed by atoms with van der Waals surface area (Å²) in [6, 6.07) is 15.5. The van der Waals surface area contributed by atoms with E-state index in [0.29, 0.717) is 0 Å². The fourth-order valence-electron chi connectivity index (χ4n) is 3.11. The number of ether oxygens (including phenoxy) is 1. The largest absolute Gasteiger partial charge is 0.449 e. The number of rotatable bonds is 5. The zero-order valence-corrected chi connectivity index (χ0v) is 13.5. The fraction of sp³-hybridized carbons (Fsp3) is 0.316. The molecule has 0 radical (unpaired) electrons. The van der Waals surface area contributed by atoms with Gasteiger partial charge in [0.15, 0.2) is 0 Å². The molecular weight excluding hydrogens is 306 g/mol. The van der Waals surface area contributed by atoms with Crippen LogP contribution in [0, 0.1) is 0 Å². The first kappa shape index (κ1) is 16.5. The van der Waals surface area contributed by atoms with E-state index < -0.39 is 18.2 Å². The van der Waals surface area contributed by atoms with Gasteiger partial charge in [0.2, 0.25) is 0 Å². The summed E-state index contributed by atoms with van der Waals surface area (Å²) >= 11 is 0. The van der Waals surface area contributed by atoms with Crippen molar-refractivity contribution in [2.45, 2.75) is 25.0 Å². The molecule has 0 spiro atoms. The first-order chi connectivity index (χ1) is 11.6. The smallest absolute Gasteiger partial charge is 0.407 e. The number of carbonyl (C=O) groups is 1. The Morgan fingerprint density at radius 2 is 1.67 bits per heavy atom. The van der Waals surface area contributed by atoms with Crippen LogP contribution in [0.3, 0.4) is 0 Å². The van der Waals surface area contributed by atoms with Crippen LogP contribution in [0.1, 0.15) is 24.0 Å². The Balaban J connectivity index is 1.73. The minimum atomic E-state index is -0.851. The third-order valence-electron chi connectivity index (χ3n) is 4.43. The third-order valence-corrected chi connectivity index (χ3v) is 4.43. The second kappa shape index (κ2) is 7.03. The molecular formula is C19H21NO4. The minimum absolute atomic E-state index is 0.0118. The average Bonchev–Trinajstić information content (AvgIpc) is 2.91. The van der Waals surface area contributed by atoms with Crippen LogP contribution in [-0.2, 0) is 4.74 Å². The van der Waals surface area contributed by atoms with Crippen molar-refractivity contribution in [2.75, 3.05) is 13.2 Å². The van der Waals surface area contributed by atoms with E-state index >= 15 is 0 Å². The summed E-state index contributed by atoms with van der Waals surface area (Å²) < 4.78 is 5.35. The Morgan fingerprint density at radius 1 is 1.12 bits per heavy atom. The number of nitrogens with one attached hydrogen (secondary N) is 1. The fourth-order valence-corrected chi connectivity index (χ4v) is 3.11. The lowest BCUT2D eigenvalue weighted by Crippen LogP contribution is -2.45. The number of aliphatic hydroxyl groups is 2. The molecule has 3 rings (SSSR count). The van der Waals surface area contributed by atoms with Gasteiger partial charge in [-0.05, 0) is 29.2 Å². The number of hydrogen-bond acceptors (Lipinski definition) is 4. The number of benzene rings is 2. The third kappa shape index (κ3) is 3.13. The maximum Gasteiger partial charge on any atom is 0.407 e. The van der Waals surface area contributed by atoms with Crippen LogP contribution in [0.4, 0.5) is 4.79 Å². The maximum absolute atomic E-state index is 11.9. The lowest BCUT2D eigenvalue weighted by Gasteiger charge is -2.20. The van der Waals surface area contributed by atoms with Crippen molar-refractivity contribution in [3.63, 3.8) is 0 Å². The Kier molecular flexibility index (Phi) is 4.83. The van der Waals surface area contributed by atoms with Crippen molar-refractivity contribution >= 4 is 6.09 Å². The number of fused-ring (bicyclic) bond motifs is 3. The van der Waals surface area contributed by atoms with Gasteiger partial charge in [0.1, 0.15) is 6.61 Å². The van der Waals surface area contributed by atoms with E-state index in [2.05, 4.69) is 17.4 Å². The van der Waals surface area contributed by atoms with Gasteiger partial charge in [-0.1, -0.05) is 48.5 Å². The molecule has 0 saturated carbocycles. The Hall–Kier alpha value is -2.37. The van der Waals surface area contributed by atoms with Crippen LogP contribution in [0.5, 0.6) is 0 Å². The summed E-state index contributed by atoms with van der Waals surface area (Å²) in [5.74, 6) is -0.0118. The van der Waals surface area contributed by atoms with E-state index in [4.69, 9.17) is 9.84 Å². The monoisotopic (exact) mass is 327 g/mol. The molecule has 0 bridgehead atoms. The Morgan fingerprint density at radius 3 is 2.17 bits per heavy atom. The molecule has 2 atom stereocenters. The molecule has 2 aromatic rings. The number of amides is 1. The zero-order valence-electron chi connectivity index (χ0n) is 13.5.